The molecule has 0 radical (unpaired) electrons. The molecule has 0 bridgehead atoms. The van der Waals surface area contributed by atoms with Crippen LogP contribution in [-0.4, -0.2) is 16.0 Å². The van der Waals surface area contributed by atoms with Gasteiger partial charge in [-0.3, -0.25) is 0 Å². The highest BCUT2D eigenvalue weighted by Crippen LogP contribution is 2.36. The van der Waals surface area contributed by atoms with Crippen LogP contribution >= 0.6 is 11.6 Å². The van der Waals surface area contributed by atoms with Crippen molar-refractivity contribution in [2.45, 2.75) is 51.4 Å². The average Bonchev–Trinajstić information content (AvgIpc) is 2.78. The largest absolute Gasteiger partial charge is 0.339 e. The van der Waals surface area contributed by atoms with Crippen molar-refractivity contribution in [2.24, 2.45) is 5.92 Å². The molecule has 4 heteroatoms. The van der Waals surface area contributed by atoms with E-state index in [4.69, 9.17) is 16.1 Å². The normalized spacial score (nSPS) is 25.9. The molecule has 2 unspecified atom stereocenters. The highest BCUT2D eigenvalue weighted by molar-refractivity contribution is 6.17. The highest BCUT2D eigenvalue weighted by atomic mass is 35.5. The second-order valence-electron chi connectivity index (χ2n) is 4.62. The summed E-state index contributed by atoms with van der Waals surface area (Å²) in [5.74, 6) is 3.48. The Morgan fingerprint density at radius 1 is 1.44 bits per heavy atom. The van der Waals surface area contributed by atoms with Gasteiger partial charge >= 0.3 is 0 Å². The van der Waals surface area contributed by atoms with Crippen LogP contribution in [0, 0.1) is 5.92 Å². The fourth-order valence-corrected chi connectivity index (χ4v) is 2.67. The van der Waals surface area contributed by atoms with Crippen LogP contribution in [0.4, 0.5) is 0 Å². The van der Waals surface area contributed by atoms with E-state index in [-0.39, 0.29) is 0 Å². The number of alkyl halides is 1. The monoisotopic (exact) mass is 242 g/mol. The number of aromatic nitrogens is 2. The summed E-state index contributed by atoms with van der Waals surface area (Å²) in [5.41, 5.74) is 0. The molecule has 0 aromatic carbocycles. The van der Waals surface area contributed by atoms with Crippen LogP contribution in [0.2, 0.25) is 0 Å². The van der Waals surface area contributed by atoms with Crippen LogP contribution in [0.15, 0.2) is 4.52 Å². The third kappa shape index (κ3) is 2.76. The molecule has 1 aliphatic rings. The van der Waals surface area contributed by atoms with Gasteiger partial charge in [-0.2, -0.15) is 4.98 Å². The maximum Gasteiger partial charge on any atom is 0.227 e. The standard InChI is InChI=1S/C12H19ClN2O/c1-2-9-4-3-5-10(8-9)12-14-11(6-7-13)16-15-12/h9-10H,2-8H2,1H3. The van der Waals surface area contributed by atoms with Crippen LogP contribution in [0.5, 0.6) is 0 Å². The Kier molecular flexibility index (Phi) is 4.22. The van der Waals surface area contributed by atoms with Crippen molar-refractivity contribution in [3.8, 4) is 0 Å². The quantitative estimate of drug-likeness (QED) is 0.759. The van der Waals surface area contributed by atoms with Crippen LogP contribution < -0.4 is 0 Å². The minimum atomic E-state index is 0.506. The molecule has 2 atom stereocenters. The Morgan fingerprint density at radius 2 is 2.31 bits per heavy atom. The molecule has 1 aromatic heterocycles. The maximum absolute atomic E-state index is 5.65. The molecule has 1 saturated carbocycles. The van der Waals surface area contributed by atoms with E-state index in [1.807, 2.05) is 0 Å². The van der Waals surface area contributed by atoms with E-state index in [2.05, 4.69) is 17.1 Å². The summed E-state index contributed by atoms with van der Waals surface area (Å²) in [7, 11) is 0. The molecule has 1 fully saturated rings. The summed E-state index contributed by atoms with van der Waals surface area (Å²) in [5, 5.41) is 4.08. The predicted molar refractivity (Wildman–Crippen MR) is 63.7 cm³/mol. The van der Waals surface area contributed by atoms with Gasteiger partial charge in [0.1, 0.15) is 0 Å². The zero-order valence-corrected chi connectivity index (χ0v) is 10.5. The van der Waals surface area contributed by atoms with Crippen molar-refractivity contribution in [2.75, 3.05) is 5.88 Å². The van der Waals surface area contributed by atoms with Gasteiger partial charge in [-0.15, -0.1) is 11.6 Å². The molecule has 1 heterocycles. The molecule has 1 aromatic rings. The van der Waals surface area contributed by atoms with Crippen LogP contribution in [-0.2, 0) is 6.42 Å². The first kappa shape index (κ1) is 11.9. The fraction of sp³-hybridized carbons (Fsp3) is 0.833. The van der Waals surface area contributed by atoms with E-state index >= 15 is 0 Å². The van der Waals surface area contributed by atoms with E-state index in [0.717, 1.165) is 11.7 Å². The van der Waals surface area contributed by atoms with Gasteiger partial charge in [-0.25, -0.2) is 0 Å². The van der Waals surface area contributed by atoms with Crippen molar-refractivity contribution in [3.63, 3.8) is 0 Å². The number of hydrogen-bond donors (Lipinski definition) is 0. The lowest BCUT2D eigenvalue weighted by Crippen LogP contribution is -2.14. The summed E-state index contributed by atoms with van der Waals surface area (Å²) in [6.07, 6.45) is 7.02. The number of rotatable bonds is 4. The molecule has 0 N–H and O–H groups in total. The molecule has 2 rings (SSSR count). The SMILES string of the molecule is CCC1CCCC(c2noc(CCCl)n2)C1. The molecule has 0 aliphatic heterocycles. The van der Waals surface area contributed by atoms with Crippen LogP contribution in [0.1, 0.15) is 56.7 Å². The average molecular weight is 243 g/mol. The highest BCUT2D eigenvalue weighted by Gasteiger charge is 2.25. The maximum atomic E-state index is 5.65. The van der Waals surface area contributed by atoms with E-state index in [1.54, 1.807) is 0 Å². The summed E-state index contributed by atoms with van der Waals surface area (Å²) >= 11 is 5.65. The Hall–Kier alpha value is -0.570. The lowest BCUT2D eigenvalue weighted by atomic mass is 9.80. The van der Waals surface area contributed by atoms with Crippen molar-refractivity contribution < 1.29 is 4.52 Å². The van der Waals surface area contributed by atoms with Gasteiger partial charge in [0, 0.05) is 18.2 Å². The zero-order chi connectivity index (χ0) is 11.4. The van der Waals surface area contributed by atoms with Crippen LogP contribution in [0.3, 0.4) is 0 Å². The van der Waals surface area contributed by atoms with E-state index < -0.39 is 0 Å². The molecular weight excluding hydrogens is 224 g/mol. The third-order valence-electron chi connectivity index (χ3n) is 3.52. The first-order valence-electron chi connectivity index (χ1n) is 6.22. The topological polar surface area (TPSA) is 38.9 Å². The van der Waals surface area contributed by atoms with Gasteiger partial charge < -0.3 is 4.52 Å². The van der Waals surface area contributed by atoms with E-state index in [9.17, 15) is 0 Å². The van der Waals surface area contributed by atoms with Gasteiger partial charge in [0.05, 0.1) is 0 Å². The fourth-order valence-electron chi connectivity index (χ4n) is 2.51. The van der Waals surface area contributed by atoms with Crippen molar-refractivity contribution in [1.29, 1.82) is 0 Å². The molecule has 0 saturated heterocycles. The number of aryl methyl sites for hydroxylation is 1. The van der Waals surface area contributed by atoms with E-state index in [0.29, 0.717) is 24.1 Å². The second kappa shape index (κ2) is 5.67. The molecule has 0 amide bonds. The van der Waals surface area contributed by atoms with Crippen molar-refractivity contribution in [1.82, 2.24) is 10.1 Å². The number of nitrogens with zero attached hydrogens (tertiary/aromatic N) is 2. The Labute approximate surface area is 102 Å². The smallest absolute Gasteiger partial charge is 0.227 e. The molecule has 3 nitrogen and oxygen atoms in total. The Bertz CT molecular complexity index is 327. The van der Waals surface area contributed by atoms with E-state index in [1.165, 1.54) is 32.1 Å². The summed E-state index contributed by atoms with van der Waals surface area (Å²) < 4.78 is 5.18. The van der Waals surface area contributed by atoms with Gasteiger partial charge in [0.25, 0.3) is 0 Å². The first-order chi connectivity index (χ1) is 7.83. The molecule has 16 heavy (non-hydrogen) atoms. The lowest BCUT2D eigenvalue weighted by molar-refractivity contribution is 0.298. The Balaban J connectivity index is 1.99. The number of halogens is 1. The molecule has 0 spiro atoms. The van der Waals surface area contributed by atoms with Gasteiger partial charge in [0.2, 0.25) is 5.89 Å². The van der Waals surface area contributed by atoms with Crippen LogP contribution in [0.25, 0.3) is 0 Å². The second-order valence-corrected chi connectivity index (χ2v) is 5.00. The first-order valence-corrected chi connectivity index (χ1v) is 6.75. The summed E-state index contributed by atoms with van der Waals surface area (Å²) in [4.78, 5) is 4.43. The van der Waals surface area contributed by atoms with Gasteiger partial charge in [-0.05, 0) is 18.8 Å². The molecule has 1 aliphatic carbocycles. The minimum Gasteiger partial charge on any atom is -0.339 e. The summed E-state index contributed by atoms with van der Waals surface area (Å²) in [6, 6.07) is 0. The summed E-state index contributed by atoms with van der Waals surface area (Å²) in [6.45, 7) is 2.27. The number of hydrogen-bond acceptors (Lipinski definition) is 3. The van der Waals surface area contributed by atoms with Crippen molar-refractivity contribution in [3.05, 3.63) is 11.7 Å². The predicted octanol–water partition coefficient (Wildman–Crippen LogP) is 3.53. The zero-order valence-electron chi connectivity index (χ0n) is 9.79. The van der Waals surface area contributed by atoms with Crippen molar-refractivity contribution >= 4 is 11.6 Å². The molecule has 90 valence electrons. The third-order valence-corrected chi connectivity index (χ3v) is 3.71. The molecular formula is C12H19ClN2O. The minimum absolute atomic E-state index is 0.506. The van der Waals surface area contributed by atoms with Gasteiger partial charge in [-0.1, -0.05) is 31.3 Å². The lowest BCUT2D eigenvalue weighted by Gasteiger charge is -2.26. The Morgan fingerprint density at radius 3 is 3.06 bits per heavy atom. The van der Waals surface area contributed by atoms with Gasteiger partial charge in [0.15, 0.2) is 5.82 Å².